The zero-order valence-electron chi connectivity index (χ0n) is 8.30. The molecule has 0 aliphatic heterocycles. The molecular weight excluding hydrogens is 244 g/mol. The Morgan fingerprint density at radius 1 is 1.43 bits per heavy atom. The van der Waals surface area contributed by atoms with E-state index in [1.807, 2.05) is 19.1 Å². The second-order valence-electron chi connectivity index (χ2n) is 3.84. The second kappa shape index (κ2) is 3.24. The number of hydrogen-bond donors (Lipinski definition) is 1. The Morgan fingerprint density at radius 2 is 2.07 bits per heavy atom. The van der Waals surface area contributed by atoms with Crippen molar-refractivity contribution in [2.45, 2.75) is 25.4 Å². The van der Waals surface area contributed by atoms with Crippen molar-refractivity contribution < 1.29 is 9.84 Å². The summed E-state index contributed by atoms with van der Waals surface area (Å²) in [6.45, 7) is 1.98. The topological polar surface area (TPSA) is 29.5 Å². The number of methoxy groups -OCH3 is 1. The van der Waals surface area contributed by atoms with Crippen LogP contribution in [0.4, 0.5) is 0 Å². The minimum absolute atomic E-state index is 0.639. The average molecular weight is 257 g/mol. The van der Waals surface area contributed by atoms with Gasteiger partial charge in [-0.05, 0) is 37.5 Å². The lowest BCUT2D eigenvalue weighted by Gasteiger charge is -2.16. The molecule has 1 N–H and O–H groups in total. The van der Waals surface area contributed by atoms with Crippen molar-refractivity contribution in [1.29, 1.82) is 0 Å². The number of halogens is 1. The van der Waals surface area contributed by atoms with Crippen LogP contribution in [0.1, 0.15) is 24.0 Å². The first-order chi connectivity index (χ1) is 6.57. The van der Waals surface area contributed by atoms with Gasteiger partial charge in [0, 0.05) is 10.0 Å². The molecule has 0 saturated heterocycles. The maximum Gasteiger partial charge on any atom is 0.127 e. The largest absolute Gasteiger partial charge is 0.496 e. The highest BCUT2D eigenvalue weighted by Gasteiger charge is 2.44. The molecule has 1 aromatic rings. The Balaban J connectivity index is 2.56. The molecule has 0 heterocycles. The summed E-state index contributed by atoms with van der Waals surface area (Å²) in [5.41, 5.74) is 1.32. The molecule has 1 aromatic carbocycles. The van der Waals surface area contributed by atoms with Gasteiger partial charge in [-0.15, -0.1) is 0 Å². The summed E-state index contributed by atoms with van der Waals surface area (Å²) in [7, 11) is 1.64. The molecule has 76 valence electrons. The number of aliphatic hydroxyl groups is 1. The summed E-state index contributed by atoms with van der Waals surface area (Å²) in [6.07, 6.45) is 1.67. The van der Waals surface area contributed by atoms with Crippen LogP contribution in [0.5, 0.6) is 5.75 Å². The molecule has 0 unspecified atom stereocenters. The molecule has 1 aliphatic carbocycles. The fourth-order valence-corrected chi connectivity index (χ4v) is 2.31. The van der Waals surface area contributed by atoms with Gasteiger partial charge in [-0.1, -0.05) is 15.9 Å². The first-order valence-electron chi connectivity index (χ1n) is 4.64. The van der Waals surface area contributed by atoms with Gasteiger partial charge in [0.2, 0.25) is 0 Å². The van der Waals surface area contributed by atoms with Crippen molar-refractivity contribution >= 4 is 15.9 Å². The van der Waals surface area contributed by atoms with Crippen LogP contribution in [0, 0.1) is 6.92 Å². The van der Waals surface area contributed by atoms with E-state index in [2.05, 4.69) is 15.9 Å². The molecule has 1 aliphatic rings. The molecular formula is C11H13BrO2. The molecule has 1 fully saturated rings. The first kappa shape index (κ1) is 9.99. The molecule has 0 aromatic heterocycles. The Bertz CT molecular complexity index is 370. The third-order valence-electron chi connectivity index (χ3n) is 2.67. The van der Waals surface area contributed by atoms with Crippen LogP contribution in [-0.4, -0.2) is 12.2 Å². The average Bonchev–Trinajstić information content (AvgIpc) is 2.84. The number of ether oxygens (including phenoxy) is 1. The highest BCUT2D eigenvalue weighted by molar-refractivity contribution is 9.10. The zero-order valence-corrected chi connectivity index (χ0v) is 9.89. The van der Waals surface area contributed by atoms with E-state index >= 15 is 0 Å². The van der Waals surface area contributed by atoms with Crippen molar-refractivity contribution in [3.63, 3.8) is 0 Å². The minimum Gasteiger partial charge on any atom is -0.496 e. The summed E-state index contributed by atoms with van der Waals surface area (Å²) in [5.74, 6) is 0.813. The third-order valence-corrected chi connectivity index (χ3v) is 3.13. The zero-order chi connectivity index (χ0) is 10.3. The Labute approximate surface area is 92.0 Å². The van der Waals surface area contributed by atoms with Crippen LogP contribution in [0.2, 0.25) is 0 Å². The lowest BCUT2D eigenvalue weighted by Crippen LogP contribution is -2.07. The van der Waals surface area contributed by atoms with Gasteiger partial charge < -0.3 is 9.84 Å². The lowest BCUT2D eigenvalue weighted by molar-refractivity contribution is 0.147. The van der Waals surface area contributed by atoms with Crippen molar-refractivity contribution in [3.8, 4) is 5.75 Å². The summed E-state index contributed by atoms with van der Waals surface area (Å²) < 4.78 is 6.31. The van der Waals surface area contributed by atoms with Crippen molar-refractivity contribution in [2.75, 3.05) is 7.11 Å². The quantitative estimate of drug-likeness (QED) is 0.882. The van der Waals surface area contributed by atoms with E-state index in [1.54, 1.807) is 7.11 Å². The molecule has 14 heavy (non-hydrogen) atoms. The molecule has 0 spiro atoms. The molecule has 3 heteroatoms. The van der Waals surface area contributed by atoms with Gasteiger partial charge in [-0.25, -0.2) is 0 Å². The molecule has 0 amide bonds. The molecule has 0 atom stereocenters. The maximum atomic E-state index is 10.1. The van der Waals surface area contributed by atoms with Gasteiger partial charge in [-0.3, -0.25) is 0 Å². The molecule has 2 rings (SSSR count). The summed E-state index contributed by atoms with van der Waals surface area (Å²) >= 11 is 3.43. The van der Waals surface area contributed by atoms with Crippen molar-refractivity contribution in [1.82, 2.24) is 0 Å². The predicted octanol–water partition coefficient (Wildman–Crippen LogP) is 2.75. The number of benzene rings is 1. The van der Waals surface area contributed by atoms with E-state index in [1.165, 1.54) is 0 Å². The predicted molar refractivity (Wildman–Crippen MR) is 58.6 cm³/mol. The van der Waals surface area contributed by atoms with Gasteiger partial charge in [-0.2, -0.15) is 0 Å². The van der Waals surface area contributed by atoms with Crippen LogP contribution in [0.3, 0.4) is 0 Å². The van der Waals surface area contributed by atoms with E-state index in [0.717, 1.165) is 34.2 Å². The Hall–Kier alpha value is -0.540. The smallest absolute Gasteiger partial charge is 0.127 e. The van der Waals surface area contributed by atoms with Crippen LogP contribution in [-0.2, 0) is 5.60 Å². The summed E-state index contributed by atoms with van der Waals surface area (Å²) in [4.78, 5) is 0. The monoisotopic (exact) mass is 256 g/mol. The van der Waals surface area contributed by atoms with Gasteiger partial charge in [0.15, 0.2) is 0 Å². The normalized spacial score (nSPS) is 18.0. The van der Waals surface area contributed by atoms with Crippen molar-refractivity contribution in [2.24, 2.45) is 0 Å². The highest BCUT2D eigenvalue weighted by atomic mass is 79.9. The van der Waals surface area contributed by atoms with Gasteiger partial charge in [0.25, 0.3) is 0 Å². The molecule has 0 radical (unpaired) electrons. The summed E-state index contributed by atoms with van der Waals surface area (Å²) in [5, 5.41) is 10.1. The lowest BCUT2D eigenvalue weighted by atomic mass is 10.0. The van der Waals surface area contributed by atoms with Crippen LogP contribution in [0.15, 0.2) is 16.6 Å². The Kier molecular flexibility index (Phi) is 2.32. The minimum atomic E-state index is -0.639. The van der Waals surface area contributed by atoms with E-state index in [0.29, 0.717) is 0 Å². The molecule has 0 bridgehead atoms. The molecule has 2 nitrogen and oxygen atoms in total. The van der Waals surface area contributed by atoms with Crippen molar-refractivity contribution in [3.05, 3.63) is 27.7 Å². The fourth-order valence-electron chi connectivity index (χ4n) is 1.73. The van der Waals surface area contributed by atoms with Gasteiger partial charge in [0.05, 0.1) is 12.7 Å². The van der Waals surface area contributed by atoms with Gasteiger partial charge in [0.1, 0.15) is 5.75 Å². The fraction of sp³-hybridized carbons (Fsp3) is 0.455. The second-order valence-corrected chi connectivity index (χ2v) is 4.75. The van der Waals surface area contributed by atoms with E-state index in [9.17, 15) is 5.11 Å². The third kappa shape index (κ3) is 1.55. The number of hydrogen-bond acceptors (Lipinski definition) is 2. The van der Waals surface area contributed by atoms with E-state index in [4.69, 9.17) is 4.74 Å². The highest BCUT2D eigenvalue weighted by Crippen LogP contribution is 2.50. The van der Waals surface area contributed by atoms with E-state index in [-0.39, 0.29) is 0 Å². The first-order valence-corrected chi connectivity index (χ1v) is 5.43. The van der Waals surface area contributed by atoms with Crippen LogP contribution >= 0.6 is 15.9 Å². The Morgan fingerprint density at radius 3 is 2.57 bits per heavy atom. The van der Waals surface area contributed by atoms with E-state index < -0.39 is 5.60 Å². The van der Waals surface area contributed by atoms with Gasteiger partial charge >= 0.3 is 0 Å². The molecule has 1 saturated carbocycles. The van der Waals surface area contributed by atoms with Crippen LogP contribution < -0.4 is 4.74 Å². The maximum absolute atomic E-state index is 10.1. The van der Waals surface area contributed by atoms with Crippen LogP contribution in [0.25, 0.3) is 0 Å². The summed E-state index contributed by atoms with van der Waals surface area (Å²) in [6, 6.07) is 3.94. The standard InChI is InChI=1S/C11H13BrO2/c1-7-5-8(12)6-9(10(7)14-2)11(13)3-4-11/h5-6,13H,3-4H2,1-2H3. The number of rotatable bonds is 2. The SMILES string of the molecule is COc1c(C)cc(Br)cc1C1(O)CC1. The number of aryl methyl sites for hydroxylation is 1.